The van der Waals surface area contributed by atoms with Crippen molar-refractivity contribution in [2.75, 3.05) is 38.6 Å². The number of carboxylic acid groups (broad SMARTS) is 2. The van der Waals surface area contributed by atoms with Crippen molar-refractivity contribution < 1.29 is 19.8 Å². The first-order chi connectivity index (χ1) is 8.04. The van der Waals surface area contributed by atoms with Crippen molar-refractivity contribution in [2.24, 2.45) is 0 Å². The molecule has 1 aliphatic rings. The Bertz CT molecular complexity index is 324. The van der Waals surface area contributed by atoms with E-state index >= 15 is 0 Å². The SMILES string of the molecule is O=C(O)/C=C(\C(=O)O)N1CCN(CCCl)CC1. The Morgan fingerprint density at radius 2 is 1.76 bits per heavy atom. The number of nitrogens with zero attached hydrogens (tertiary/aromatic N) is 2. The predicted octanol–water partition coefficient (Wildman–Crippen LogP) is -0.104. The molecule has 1 fully saturated rings. The Morgan fingerprint density at radius 1 is 1.18 bits per heavy atom. The summed E-state index contributed by atoms with van der Waals surface area (Å²) in [6.07, 6.45) is 0.736. The summed E-state index contributed by atoms with van der Waals surface area (Å²) in [5.74, 6) is -1.92. The van der Waals surface area contributed by atoms with Gasteiger partial charge in [0.2, 0.25) is 0 Å². The second-order valence-electron chi connectivity index (χ2n) is 3.69. The Kier molecular flexibility index (Phi) is 5.24. The lowest BCUT2D eigenvalue weighted by Crippen LogP contribution is -2.47. The van der Waals surface area contributed by atoms with Crippen LogP contribution >= 0.6 is 11.6 Å². The zero-order chi connectivity index (χ0) is 12.8. The van der Waals surface area contributed by atoms with E-state index in [9.17, 15) is 9.59 Å². The van der Waals surface area contributed by atoms with Crippen LogP contribution in [0.15, 0.2) is 11.8 Å². The lowest BCUT2D eigenvalue weighted by Gasteiger charge is -2.35. The molecule has 0 aromatic rings. The van der Waals surface area contributed by atoms with E-state index in [0.29, 0.717) is 32.1 Å². The largest absolute Gasteiger partial charge is 0.478 e. The van der Waals surface area contributed by atoms with Crippen LogP contribution in [-0.4, -0.2) is 70.6 Å². The summed E-state index contributed by atoms with van der Waals surface area (Å²) >= 11 is 5.61. The van der Waals surface area contributed by atoms with E-state index in [-0.39, 0.29) is 5.70 Å². The summed E-state index contributed by atoms with van der Waals surface area (Å²) in [5, 5.41) is 17.5. The van der Waals surface area contributed by atoms with Crippen molar-refractivity contribution in [3.63, 3.8) is 0 Å². The predicted molar refractivity (Wildman–Crippen MR) is 62.1 cm³/mol. The number of halogens is 1. The van der Waals surface area contributed by atoms with Crippen LogP contribution in [0.25, 0.3) is 0 Å². The second-order valence-corrected chi connectivity index (χ2v) is 4.07. The molecule has 2 N–H and O–H groups in total. The van der Waals surface area contributed by atoms with Gasteiger partial charge in [-0.05, 0) is 0 Å². The molecular formula is C10H15ClN2O4. The molecule has 0 aromatic carbocycles. The molecule has 7 heteroatoms. The van der Waals surface area contributed by atoms with E-state index in [4.69, 9.17) is 21.8 Å². The van der Waals surface area contributed by atoms with Gasteiger partial charge in [0.1, 0.15) is 5.70 Å². The quantitative estimate of drug-likeness (QED) is 0.532. The highest BCUT2D eigenvalue weighted by Crippen LogP contribution is 2.10. The van der Waals surface area contributed by atoms with Crippen LogP contribution < -0.4 is 0 Å². The minimum Gasteiger partial charge on any atom is -0.478 e. The summed E-state index contributed by atoms with van der Waals surface area (Å²) in [6.45, 7) is 3.15. The van der Waals surface area contributed by atoms with Crippen LogP contribution in [0.3, 0.4) is 0 Å². The van der Waals surface area contributed by atoms with Gasteiger partial charge >= 0.3 is 11.9 Å². The molecule has 96 valence electrons. The monoisotopic (exact) mass is 262 g/mol. The fourth-order valence-electron chi connectivity index (χ4n) is 1.74. The molecule has 0 aromatic heterocycles. The van der Waals surface area contributed by atoms with Crippen LogP contribution in [0.2, 0.25) is 0 Å². The van der Waals surface area contributed by atoms with Gasteiger partial charge in [0, 0.05) is 38.6 Å². The normalized spacial score (nSPS) is 18.2. The minimum atomic E-state index is -1.24. The Morgan fingerprint density at radius 3 is 2.18 bits per heavy atom. The van der Waals surface area contributed by atoms with Gasteiger partial charge in [0.05, 0.1) is 6.08 Å². The van der Waals surface area contributed by atoms with Crippen LogP contribution in [-0.2, 0) is 9.59 Å². The van der Waals surface area contributed by atoms with E-state index < -0.39 is 11.9 Å². The van der Waals surface area contributed by atoms with Crippen molar-refractivity contribution in [3.8, 4) is 0 Å². The van der Waals surface area contributed by atoms with Crippen molar-refractivity contribution in [2.45, 2.75) is 0 Å². The second kappa shape index (κ2) is 6.46. The van der Waals surface area contributed by atoms with Gasteiger partial charge in [0.15, 0.2) is 0 Å². The molecule has 0 spiro atoms. The standard InChI is InChI=1S/C10H15ClN2O4/c11-1-2-12-3-5-13(6-4-12)8(10(16)17)7-9(14)15/h7H,1-6H2,(H,14,15)(H,16,17)/b8-7+. The zero-order valence-corrected chi connectivity index (χ0v) is 10.1. The average molecular weight is 263 g/mol. The van der Waals surface area contributed by atoms with Crippen molar-refractivity contribution >= 4 is 23.5 Å². The molecule has 1 saturated heterocycles. The number of carbonyl (C=O) groups is 2. The molecule has 0 amide bonds. The number of rotatable bonds is 5. The first-order valence-corrected chi connectivity index (χ1v) is 5.79. The molecule has 0 radical (unpaired) electrons. The van der Waals surface area contributed by atoms with Gasteiger partial charge in [-0.1, -0.05) is 0 Å². The maximum absolute atomic E-state index is 10.9. The van der Waals surface area contributed by atoms with E-state index in [0.717, 1.165) is 12.6 Å². The number of carboxylic acids is 2. The smallest absolute Gasteiger partial charge is 0.352 e. The molecule has 1 heterocycles. The first-order valence-electron chi connectivity index (χ1n) is 5.25. The summed E-state index contributed by atoms with van der Waals surface area (Å²) in [5.41, 5.74) is -0.164. The van der Waals surface area contributed by atoms with Gasteiger partial charge in [-0.2, -0.15) is 0 Å². The topological polar surface area (TPSA) is 81.1 Å². The van der Waals surface area contributed by atoms with E-state index in [2.05, 4.69) is 4.90 Å². The number of alkyl halides is 1. The van der Waals surface area contributed by atoms with E-state index in [1.807, 2.05) is 0 Å². The highest BCUT2D eigenvalue weighted by molar-refractivity contribution is 6.18. The third-order valence-electron chi connectivity index (χ3n) is 2.59. The van der Waals surface area contributed by atoms with Gasteiger partial charge in [-0.3, -0.25) is 4.90 Å². The van der Waals surface area contributed by atoms with Crippen molar-refractivity contribution in [1.82, 2.24) is 9.80 Å². The summed E-state index contributed by atoms with van der Waals surface area (Å²) in [6, 6.07) is 0. The highest BCUT2D eigenvalue weighted by atomic mass is 35.5. The lowest BCUT2D eigenvalue weighted by molar-refractivity contribution is -0.136. The van der Waals surface area contributed by atoms with Gasteiger partial charge in [-0.15, -0.1) is 11.6 Å². The van der Waals surface area contributed by atoms with E-state index in [1.54, 1.807) is 4.90 Å². The van der Waals surface area contributed by atoms with Gasteiger partial charge in [-0.25, -0.2) is 9.59 Å². The highest BCUT2D eigenvalue weighted by Gasteiger charge is 2.22. The Labute approximate surface area is 104 Å². The van der Waals surface area contributed by atoms with Crippen molar-refractivity contribution in [3.05, 3.63) is 11.8 Å². The molecule has 17 heavy (non-hydrogen) atoms. The molecular weight excluding hydrogens is 248 g/mol. The minimum absolute atomic E-state index is 0.164. The Hall–Kier alpha value is -1.27. The van der Waals surface area contributed by atoms with Crippen LogP contribution in [0.4, 0.5) is 0 Å². The number of aliphatic carboxylic acids is 2. The van der Waals surface area contributed by atoms with Crippen LogP contribution in [0.5, 0.6) is 0 Å². The Balaban J connectivity index is 2.62. The first kappa shape index (κ1) is 13.8. The summed E-state index contributed by atoms with van der Waals surface area (Å²) < 4.78 is 0. The molecule has 6 nitrogen and oxygen atoms in total. The summed E-state index contributed by atoms with van der Waals surface area (Å²) in [4.78, 5) is 25.1. The lowest BCUT2D eigenvalue weighted by atomic mass is 10.2. The number of hydrogen-bond acceptors (Lipinski definition) is 4. The fourth-order valence-corrected chi connectivity index (χ4v) is 1.98. The summed E-state index contributed by atoms with van der Waals surface area (Å²) in [7, 11) is 0. The van der Waals surface area contributed by atoms with Crippen LogP contribution in [0, 0.1) is 0 Å². The molecule has 0 bridgehead atoms. The van der Waals surface area contributed by atoms with Crippen molar-refractivity contribution in [1.29, 1.82) is 0 Å². The van der Waals surface area contributed by atoms with Crippen LogP contribution in [0.1, 0.15) is 0 Å². The molecule has 0 saturated carbocycles. The van der Waals surface area contributed by atoms with E-state index in [1.165, 1.54) is 0 Å². The number of piperazine rings is 1. The molecule has 1 rings (SSSR count). The molecule has 0 unspecified atom stereocenters. The third-order valence-corrected chi connectivity index (χ3v) is 2.76. The number of hydrogen-bond donors (Lipinski definition) is 2. The van der Waals surface area contributed by atoms with Gasteiger partial charge < -0.3 is 15.1 Å². The molecule has 0 atom stereocenters. The zero-order valence-electron chi connectivity index (χ0n) is 9.30. The maximum atomic E-state index is 10.9. The fraction of sp³-hybridized carbons (Fsp3) is 0.600. The maximum Gasteiger partial charge on any atom is 0.352 e. The molecule has 1 aliphatic heterocycles. The molecule has 0 aliphatic carbocycles. The third kappa shape index (κ3) is 4.24. The van der Waals surface area contributed by atoms with Gasteiger partial charge in [0.25, 0.3) is 0 Å². The average Bonchev–Trinajstić information content (AvgIpc) is 2.27.